The van der Waals surface area contributed by atoms with Gasteiger partial charge in [-0.25, -0.2) is 5.10 Å². The van der Waals surface area contributed by atoms with Crippen LogP contribution < -0.4 is 5.56 Å². The summed E-state index contributed by atoms with van der Waals surface area (Å²) in [5.41, 5.74) is 0.925. The van der Waals surface area contributed by atoms with Gasteiger partial charge in [-0.05, 0) is 5.56 Å². The standard InChI is InChI=1S/C5H5N2O.Al.2H/c1-4-2-5(8)7-6-3-4;;;/h2-3H,1H2,(H,7,8);;;. The van der Waals surface area contributed by atoms with Crippen LogP contribution in [0, 0.1) is 0 Å². The van der Waals surface area contributed by atoms with Crippen molar-refractivity contribution in [2.24, 2.45) is 0 Å². The summed E-state index contributed by atoms with van der Waals surface area (Å²) in [6, 6.07) is 1.58. The third kappa shape index (κ3) is 1.67. The molecule has 0 atom stereocenters. The van der Waals surface area contributed by atoms with Crippen molar-refractivity contribution in [1.82, 2.24) is 10.2 Å². The van der Waals surface area contributed by atoms with Crippen LogP contribution in [0.4, 0.5) is 0 Å². The first kappa shape index (κ1) is 6.53. The highest BCUT2D eigenvalue weighted by atomic mass is 27.0. The van der Waals surface area contributed by atoms with Gasteiger partial charge in [0.25, 0.3) is 5.56 Å². The number of aromatic amines is 1. The lowest BCUT2D eigenvalue weighted by Crippen LogP contribution is -2.07. The van der Waals surface area contributed by atoms with E-state index in [4.69, 9.17) is 0 Å². The van der Waals surface area contributed by atoms with Gasteiger partial charge in [0.2, 0.25) is 16.3 Å². The molecular formula is C5H7AlN2O. The summed E-state index contributed by atoms with van der Waals surface area (Å²) in [6.45, 7) is 0. The number of hydrogen-bond donors (Lipinski definition) is 1. The quantitative estimate of drug-likeness (QED) is 0.501. The molecule has 0 radical (unpaired) electrons. The minimum absolute atomic E-state index is 0.108. The van der Waals surface area contributed by atoms with Crippen molar-refractivity contribution in [3.63, 3.8) is 0 Å². The maximum Gasteiger partial charge on any atom is 0.264 e. The van der Waals surface area contributed by atoms with Gasteiger partial charge >= 0.3 is 0 Å². The molecule has 0 unspecified atom stereocenters. The zero-order valence-corrected chi connectivity index (χ0v) is 7.22. The first-order chi connectivity index (χ1) is 4.33. The second-order valence-electron chi connectivity index (χ2n) is 1.81. The second kappa shape index (κ2) is 2.81. The Hall–Kier alpha value is -0.588. The third-order valence-electron chi connectivity index (χ3n) is 1.13. The highest BCUT2D eigenvalue weighted by molar-refractivity contribution is 6.08. The van der Waals surface area contributed by atoms with Crippen LogP contribution in [-0.2, 0) is 5.28 Å². The molecule has 1 heterocycles. The zero-order chi connectivity index (χ0) is 6.69. The predicted molar refractivity (Wildman–Crippen MR) is 37.1 cm³/mol. The molecule has 4 heteroatoms. The zero-order valence-electron chi connectivity index (χ0n) is 5.22. The normalized spacial score (nSPS) is 9.33. The van der Waals surface area contributed by atoms with Crippen molar-refractivity contribution >= 4 is 16.3 Å². The Kier molecular flexibility index (Phi) is 2.04. The monoisotopic (exact) mass is 138 g/mol. The van der Waals surface area contributed by atoms with E-state index < -0.39 is 0 Å². The number of aromatic nitrogens is 2. The van der Waals surface area contributed by atoms with E-state index in [2.05, 4.69) is 10.2 Å². The van der Waals surface area contributed by atoms with Gasteiger partial charge in [-0.3, -0.25) is 4.79 Å². The average Bonchev–Trinajstić information content (AvgIpc) is 1.88. The number of hydrogen-bond acceptors (Lipinski definition) is 2. The third-order valence-corrected chi connectivity index (χ3v) is 1.95. The molecule has 1 aromatic heterocycles. The fourth-order valence-corrected chi connectivity index (χ4v) is 0.997. The molecule has 46 valence electrons. The summed E-state index contributed by atoms with van der Waals surface area (Å²) in [5, 5.41) is 6.95. The molecule has 0 saturated heterocycles. The highest BCUT2D eigenvalue weighted by Crippen LogP contribution is 1.86. The Morgan fingerprint density at radius 1 is 1.78 bits per heavy atom. The summed E-state index contributed by atoms with van der Waals surface area (Å²) in [6.07, 6.45) is 1.69. The Morgan fingerprint density at radius 3 is 3.00 bits per heavy atom. The van der Waals surface area contributed by atoms with Crippen LogP contribution in [0.2, 0.25) is 0 Å². The van der Waals surface area contributed by atoms with Crippen LogP contribution in [0.5, 0.6) is 0 Å². The summed E-state index contributed by atoms with van der Waals surface area (Å²) < 4.78 is 0. The lowest BCUT2D eigenvalue weighted by Gasteiger charge is -1.88. The van der Waals surface area contributed by atoms with Crippen molar-refractivity contribution in [3.05, 3.63) is 28.2 Å². The molecule has 0 aliphatic heterocycles. The molecule has 0 spiro atoms. The number of nitrogens with zero attached hydrogens (tertiary/aromatic N) is 1. The van der Waals surface area contributed by atoms with Gasteiger partial charge in [-0.15, -0.1) is 0 Å². The maximum atomic E-state index is 10.5. The SMILES string of the molecule is O=c1cc([CH2][AlH2])cn[nH]1. The van der Waals surface area contributed by atoms with Crippen LogP contribution in [0.3, 0.4) is 0 Å². The van der Waals surface area contributed by atoms with E-state index >= 15 is 0 Å². The van der Waals surface area contributed by atoms with Crippen LogP contribution in [0.1, 0.15) is 5.56 Å². The molecule has 1 rings (SSSR count). The van der Waals surface area contributed by atoms with Crippen molar-refractivity contribution in [1.29, 1.82) is 0 Å². The van der Waals surface area contributed by atoms with E-state index in [-0.39, 0.29) is 5.56 Å². The van der Waals surface area contributed by atoms with Gasteiger partial charge in [0.1, 0.15) is 0 Å². The van der Waals surface area contributed by atoms with E-state index in [0.717, 1.165) is 27.1 Å². The number of rotatable bonds is 1. The minimum Gasteiger partial charge on any atom is -0.268 e. The predicted octanol–water partition coefficient (Wildman–Crippen LogP) is -1.10. The Labute approximate surface area is 60.5 Å². The topological polar surface area (TPSA) is 45.8 Å². The Balaban J connectivity index is 3.08. The summed E-state index contributed by atoms with van der Waals surface area (Å²) in [4.78, 5) is 10.5. The van der Waals surface area contributed by atoms with Crippen LogP contribution in [0.15, 0.2) is 17.1 Å². The summed E-state index contributed by atoms with van der Waals surface area (Å²) in [7, 11) is 0. The molecule has 1 N–H and O–H groups in total. The number of H-pyrrole nitrogens is 1. The molecule has 0 saturated carbocycles. The molecule has 9 heavy (non-hydrogen) atoms. The lowest BCUT2D eigenvalue weighted by atomic mass is 10.3. The molecule has 0 aliphatic rings. The lowest BCUT2D eigenvalue weighted by molar-refractivity contribution is 0.970. The van der Waals surface area contributed by atoms with Gasteiger partial charge in [0.15, 0.2) is 0 Å². The van der Waals surface area contributed by atoms with Gasteiger partial charge in [0.05, 0.1) is 0 Å². The van der Waals surface area contributed by atoms with Crippen LogP contribution >= 0.6 is 0 Å². The molecule has 0 amide bonds. The van der Waals surface area contributed by atoms with Gasteiger partial charge < -0.3 is 0 Å². The van der Waals surface area contributed by atoms with Gasteiger partial charge in [-0.2, -0.15) is 5.10 Å². The smallest absolute Gasteiger partial charge is 0.264 e. The molecule has 0 bridgehead atoms. The van der Waals surface area contributed by atoms with Crippen molar-refractivity contribution < 1.29 is 0 Å². The van der Waals surface area contributed by atoms with Crippen molar-refractivity contribution in [2.45, 2.75) is 5.28 Å². The molecule has 0 aromatic carbocycles. The second-order valence-corrected chi connectivity index (χ2v) is 2.51. The first-order valence-corrected chi connectivity index (χ1v) is 4.28. The molecule has 1 aromatic rings. The Morgan fingerprint density at radius 2 is 2.56 bits per heavy atom. The number of nitrogens with one attached hydrogen (secondary N) is 1. The van der Waals surface area contributed by atoms with Crippen LogP contribution in [-0.4, -0.2) is 26.5 Å². The van der Waals surface area contributed by atoms with E-state index in [1.165, 1.54) is 0 Å². The molecule has 0 fully saturated rings. The first-order valence-electron chi connectivity index (χ1n) is 2.86. The molecule has 3 nitrogen and oxygen atoms in total. The highest BCUT2D eigenvalue weighted by Gasteiger charge is 1.87. The average molecular weight is 138 g/mol. The van der Waals surface area contributed by atoms with E-state index in [1.54, 1.807) is 12.3 Å². The Bertz CT molecular complexity index is 245. The van der Waals surface area contributed by atoms with E-state index in [0.29, 0.717) is 0 Å². The van der Waals surface area contributed by atoms with Gasteiger partial charge in [-0.1, -0.05) is 5.28 Å². The fraction of sp³-hybridized carbons (Fsp3) is 0.200. The minimum atomic E-state index is -0.108. The largest absolute Gasteiger partial charge is 0.268 e. The maximum absolute atomic E-state index is 10.5. The van der Waals surface area contributed by atoms with Crippen molar-refractivity contribution in [3.8, 4) is 0 Å². The molecule has 0 aliphatic carbocycles. The van der Waals surface area contributed by atoms with Crippen LogP contribution in [0.25, 0.3) is 0 Å². The fourth-order valence-electron chi connectivity index (χ4n) is 0.610. The van der Waals surface area contributed by atoms with Gasteiger partial charge in [0, 0.05) is 12.3 Å². The van der Waals surface area contributed by atoms with E-state index in [9.17, 15) is 4.79 Å². The summed E-state index contributed by atoms with van der Waals surface area (Å²) in [5.74, 6) is 0. The molecular weight excluding hydrogens is 131 g/mol. The summed E-state index contributed by atoms with van der Waals surface area (Å²) >= 11 is 1.08. The van der Waals surface area contributed by atoms with Crippen molar-refractivity contribution in [2.75, 3.05) is 0 Å². The van der Waals surface area contributed by atoms with E-state index in [1.807, 2.05) is 0 Å².